The molecule has 3 atom stereocenters. The number of aryl methyl sites for hydroxylation is 1. The van der Waals surface area contributed by atoms with Gasteiger partial charge in [0, 0.05) is 37.2 Å². The van der Waals surface area contributed by atoms with Crippen molar-refractivity contribution in [3.05, 3.63) is 47.8 Å². The smallest absolute Gasteiger partial charge is 0.294 e. The SMILES string of the molecule is CC1=CC2CC(Oc3nnc(-c4ccc(-n5ccc(C)n5)cc4O)s3)CC1N2. The molecule has 0 aliphatic carbocycles. The van der Waals surface area contributed by atoms with Crippen LogP contribution < -0.4 is 10.1 Å². The molecule has 2 aromatic heterocycles. The molecule has 28 heavy (non-hydrogen) atoms. The van der Waals surface area contributed by atoms with E-state index in [0.29, 0.717) is 27.8 Å². The van der Waals surface area contributed by atoms with Gasteiger partial charge >= 0.3 is 0 Å². The normalized spacial score (nSPS) is 23.6. The second kappa shape index (κ2) is 6.72. The summed E-state index contributed by atoms with van der Waals surface area (Å²) in [5.74, 6) is 0.146. The Labute approximate surface area is 166 Å². The lowest BCUT2D eigenvalue weighted by Gasteiger charge is -2.29. The van der Waals surface area contributed by atoms with E-state index in [0.717, 1.165) is 24.2 Å². The summed E-state index contributed by atoms with van der Waals surface area (Å²) >= 11 is 1.36. The van der Waals surface area contributed by atoms with Crippen molar-refractivity contribution in [2.24, 2.45) is 0 Å². The number of nitrogens with one attached hydrogen (secondary N) is 1. The lowest BCUT2D eigenvalue weighted by atomic mass is 10.00. The van der Waals surface area contributed by atoms with Gasteiger partial charge in [0.1, 0.15) is 11.9 Å². The maximum atomic E-state index is 10.5. The minimum Gasteiger partial charge on any atom is -0.507 e. The number of nitrogens with zero attached hydrogens (tertiary/aromatic N) is 4. The number of piperidine rings is 1. The molecule has 1 aromatic carbocycles. The second-order valence-electron chi connectivity index (χ2n) is 7.42. The monoisotopic (exact) mass is 395 g/mol. The summed E-state index contributed by atoms with van der Waals surface area (Å²) < 4.78 is 7.83. The second-order valence-corrected chi connectivity index (χ2v) is 8.36. The molecule has 2 aliphatic heterocycles. The zero-order valence-electron chi connectivity index (χ0n) is 15.7. The van der Waals surface area contributed by atoms with Crippen LogP contribution in [0.4, 0.5) is 0 Å². The predicted octanol–water partition coefficient (Wildman–Crippen LogP) is 3.23. The fourth-order valence-corrected chi connectivity index (χ4v) is 4.71. The molecule has 4 heterocycles. The summed E-state index contributed by atoms with van der Waals surface area (Å²) in [6, 6.07) is 8.13. The standard InChI is InChI=1S/C20H21N5O2S/c1-11-7-13-8-15(10-17(11)21-13)27-20-23-22-19(28-20)16-4-3-14(9-18(16)26)25-6-5-12(2)24-25/h3-7,9,13,15,17,21,26H,8,10H2,1-2H3. The number of fused-ring (bicyclic) bond motifs is 2. The van der Waals surface area contributed by atoms with Gasteiger partial charge in [-0.2, -0.15) is 5.10 Å². The Hall–Kier alpha value is -2.71. The number of hydrogen-bond acceptors (Lipinski definition) is 7. The first kappa shape index (κ1) is 17.4. The fraction of sp³-hybridized carbons (Fsp3) is 0.350. The van der Waals surface area contributed by atoms with E-state index >= 15 is 0 Å². The highest BCUT2D eigenvalue weighted by atomic mass is 32.1. The van der Waals surface area contributed by atoms with Gasteiger partial charge in [-0.1, -0.05) is 28.1 Å². The van der Waals surface area contributed by atoms with Crippen molar-refractivity contribution in [1.82, 2.24) is 25.3 Å². The van der Waals surface area contributed by atoms with E-state index in [1.807, 2.05) is 31.3 Å². The first-order chi connectivity index (χ1) is 13.5. The van der Waals surface area contributed by atoms with Crippen LogP contribution in [0.1, 0.15) is 25.5 Å². The van der Waals surface area contributed by atoms with Crippen molar-refractivity contribution in [3.63, 3.8) is 0 Å². The highest BCUT2D eigenvalue weighted by Crippen LogP contribution is 2.36. The Morgan fingerprint density at radius 3 is 2.86 bits per heavy atom. The molecule has 0 radical (unpaired) electrons. The van der Waals surface area contributed by atoms with Crippen LogP contribution in [-0.4, -0.2) is 43.3 Å². The third-order valence-electron chi connectivity index (χ3n) is 5.32. The van der Waals surface area contributed by atoms with Crippen LogP contribution in [0.15, 0.2) is 42.1 Å². The van der Waals surface area contributed by atoms with E-state index in [1.165, 1.54) is 16.9 Å². The van der Waals surface area contributed by atoms with E-state index in [4.69, 9.17) is 4.74 Å². The van der Waals surface area contributed by atoms with E-state index in [9.17, 15) is 5.11 Å². The minimum atomic E-state index is 0.129. The number of benzene rings is 1. The van der Waals surface area contributed by atoms with E-state index in [2.05, 4.69) is 33.6 Å². The molecule has 1 saturated heterocycles. The average Bonchev–Trinajstić information content (AvgIpc) is 3.36. The molecule has 3 unspecified atom stereocenters. The number of rotatable bonds is 4. The third-order valence-corrected chi connectivity index (χ3v) is 6.16. The van der Waals surface area contributed by atoms with Crippen molar-refractivity contribution >= 4 is 11.3 Å². The van der Waals surface area contributed by atoms with Gasteiger partial charge in [-0.25, -0.2) is 4.68 Å². The first-order valence-corrected chi connectivity index (χ1v) is 10.2. The molecule has 0 amide bonds. The highest BCUT2D eigenvalue weighted by Gasteiger charge is 2.34. The Bertz CT molecular complexity index is 1060. The van der Waals surface area contributed by atoms with Gasteiger partial charge in [0.25, 0.3) is 5.19 Å². The molecule has 144 valence electrons. The molecule has 2 bridgehead atoms. The molecule has 5 rings (SSSR count). The Kier molecular flexibility index (Phi) is 4.17. The molecule has 2 aliphatic rings. The Balaban J connectivity index is 1.32. The Morgan fingerprint density at radius 2 is 2.11 bits per heavy atom. The molecule has 0 saturated carbocycles. The lowest BCUT2D eigenvalue weighted by molar-refractivity contribution is 0.139. The van der Waals surface area contributed by atoms with Gasteiger partial charge < -0.3 is 15.2 Å². The summed E-state index contributed by atoms with van der Waals surface area (Å²) in [6.45, 7) is 4.10. The van der Waals surface area contributed by atoms with Crippen molar-refractivity contribution in [2.45, 2.75) is 44.9 Å². The number of aromatic hydroxyl groups is 1. The highest BCUT2D eigenvalue weighted by molar-refractivity contribution is 7.16. The van der Waals surface area contributed by atoms with Gasteiger partial charge in [-0.3, -0.25) is 0 Å². The summed E-state index contributed by atoms with van der Waals surface area (Å²) in [4.78, 5) is 0. The third kappa shape index (κ3) is 3.18. The summed E-state index contributed by atoms with van der Waals surface area (Å²) in [7, 11) is 0. The molecular weight excluding hydrogens is 374 g/mol. The molecule has 0 spiro atoms. The summed E-state index contributed by atoms with van der Waals surface area (Å²) in [6.07, 6.45) is 6.16. The zero-order valence-corrected chi connectivity index (χ0v) is 16.5. The summed E-state index contributed by atoms with van der Waals surface area (Å²) in [5.41, 5.74) is 3.75. The average molecular weight is 395 g/mol. The van der Waals surface area contributed by atoms with Crippen LogP contribution in [0.3, 0.4) is 0 Å². The van der Waals surface area contributed by atoms with Crippen LogP contribution in [0.25, 0.3) is 16.3 Å². The van der Waals surface area contributed by atoms with Crippen molar-refractivity contribution in [3.8, 4) is 27.2 Å². The number of aromatic nitrogens is 4. The van der Waals surface area contributed by atoms with Gasteiger partial charge in [-0.15, -0.1) is 5.10 Å². The molecule has 1 fully saturated rings. The van der Waals surface area contributed by atoms with Gasteiger partial charge in [0.2, 0.25) is 0 Å². The predicted molar refractivity (Wildman–Crippen MR) is 107 cm³/mol. The number of phenols is 1. The molecular formula is C20H21N5O2S. The van der Waals surface area contributed by atoms with E-state index < -0.39 is 0 Å². The van der Waals surface area contributed by atoms with E-state index in [1.54, 1.807) is 10.7 Å². The maximum absolute atomic E-state index is 10.5. The zero-order chi connectivity index (χ0) is 19.3. The topological polar surface area (TPSA) is 85.1 Å². The van der Waals surface area contributed by atoms with Gasteiger partial charge in [0.05, 0.1) is 16.9 Å². The molecule has 7 nitrogen and oxygen atoms in total. The van der Waals surface area contributed by atoms with Gasteiger partial charge in [-0.05, 0) is 32.0 Å². The van der Waals surface area contributed by atoms with Gasteiger partial charge in [0.15, 0.2) is 5.01 Å². The Morgan fingerprint density at radius 1 is 1.21 bits per heavy atom. The molecule has 3 aromatic rings. The van der Waals surface area contributed by atoms with Crippen molar-refractivity contribution in [1.29, 1.82) is 0 Å². The van der Waals surface area contributed by atoms with E-state index in [-0.39, 0.29) is 11.9 Å². The fourth-order valence-electron chi connectivity index (χ4n) is 3.91. The summed E-state index contributed by atoms with van der Waals surface area (Å²) in [5, 5.41) is 28.0. The lowest BCUT2D eigenvalue weighted by Crippen LogP contribution is -2.44. The maximum Gasteiger partial charge on any atom is 0.294 e. The van der Waals surface area contributed by atoms with Crippen molar-refractivity contribution in [2.75, 3.05) is 0 Å². The quantitative estimate of drug-likeness (QED) is 0.660. The largest absolute Gasteiger partial charge is 0.507 e. The minimum absolute atomic E-state index is 0.129. The molecule has 8 heteroatoms. The number of ether oxygens (including phenoxy) is 1. The number of hydrogen-bond donors (Lipinski definition) is 2. The van der Waals surface area contributed by atoms with Crippen LogP contribution in [0.5, 0.6) is 10.9 Å². The van der Waals surface area contributed by atoms with Crippen LogP contribution in [0.2, 0.25) is 0 Å². The van der Waals surface area contributed by atoms with Crippen LogP contribution >= 0.6 is 11.3 Å². The first-order valence-electron chi connectivity index (χ1n) is 9.36. The molecule has 2 N–H and O–H groups in total. The van der Waals surface area contributed by atoms with Crippen LogP contribution in [-0.2, 0) is 0 Å². The van der Waals surface area contributed by atoms with Crippen molar-refractivity contribution < 1.29 is 9.84 Å². The number of phenolic OH excluding ortho intramolecular Hbond substituents is 1. The van der Waals surface area contributed by atoms with Crippen LogP contribution in [0, 0.1) is 6.92 Å².